The molecule has 1 aromatic rings. The molecule has 0 unspecified atom stereocenters. The molecule has 1 heterocycles. The van der Waals surface area contributed by atoms with Crippen molar-refractivity contribution in [3.8, 4) is 5.88 Å². The van der Waals surface area contributed by atoms with E-state index < -0.39 is 0 Å². The number of ether oxygens (including phenoxy) is 1. The molecule has 0 saturated heterocycles. The van der Waals surface area contributed by atoms with Gasteiger partial charge in [-0.1, -0.05) is 0 Å². The molecular formula is C11H13BrN2O2. The molecule has 0 atom stereocenters. The van der Waals surface area contributed by atoms with Gasteiger partial charge in [0, 0.05) is 17.2 Å². The van der Waals surface area contributed by atoms with Gasteiger partial charge >= 0.3 is 0 Å². The highest BCUT2D eigenvalue weighted by atomic mass is 79.9. The number of carbonyl (C=O) groups excluding carboxylic acids is 1. The minimum atomic E-state index is -0.127. The van der Waals surface area contributed by atoms with Crippen LogP contribution in [0.15, 0.2) is 16.7 Å². The first-order valence-electron chi connectivity index (χ1n) is 5.18. The Morgan fingerprint density at radius 3 is 3.06 bits per heavy atom. The van der Waals surface area contributed by atoms with Gasteiger partial charge in [0.25, 0.3) is 5.91 Å². The summed E-state index contributed by atoms with van der Waals surface area (Å²) in [4.78, 5) is 15.9. The summed E-state index contributed by atoms with van der Waals surface area (Å²) in [5.41, 5.74) is 0.470. The summed E-state index contributed by atoms with van der Waals surface area (Å²) in [6.45, 7) is 0.745. The van der Waals surface area contributed by atoms with Gasteiger partial charge in [-0.25, -0.2) is 4.98 Å². The monoisotopic (exact) mass is 284 g/mol. The Morgan fingerprint density at radius 2 is 2.44 bits per heavy atom. The van der Waals surface area contributed by atoms with Crippen LogP contribution in [-0.4, -0.2) is 24.5 Å². The lowest BCUT2D eigenvalue weighted by Crippen LogP contribution is -2.26. The number of carbonyl (C=O) groups is 1. The normalized spacial score (nSPS) is 14.6. The smallest absolute Gasteiger partial charge is 0.256 e. The van der Waals surface area contributed by atoms with Crippen molar-refractivity contribution in [3.05, 3.63) is 22.3 Å². The van der Waals surface area contributed by atoms with E-state index in [4.69, 9.17) is 4.74 Å². The predicted molar refractivity (Wildman–Crippen MR) is 63.5 cm³/mol. The van der Waals surface area contributed by atoms with E-state index in [1.54, 1.807) is 12.3 Å². The molecule has 0 spiro atoms. The van der Waals surface area contributed by atoms with Gasteiger partial charge in [0.15, 0.2) is 0 Å². The Labute approximate surface area is 103 Å². The van der Waals surface area contributed by atoms with Gasteiger partial charge in [-0.2, -0.15) is 0 Å². The van der Waals surface area contributed by atoms with Crippen molar-refractivity contribution >= 4 is 21.8 Å². The molecule has 0 aromatic carbocycles. The van der Waals surface area contributed by atoms with Gasteiger partial charge in [0.2, 0.25) is 5.88 Å². The maximum atomic E-state index is 11.9. The van der Waals surface area contributed by atoms with Crippen LogP contribution in [-0.2, 0) is 0 Å². The molecule has 4 nitrogen and oxygen atoms in total. The van der Waals surface area contributed by atoms with Gasteiger partial charge in [0.05, 0.1) is 7.11 Å². The van der Waals surface area contributed by atoms with Crippen molar-refractivity contribution in [2.45, 2.75) is 12.8 Å². The molecular weight excluding hydrogens is 272 g/mol. The predicted octanol–water partition coefficient (Wildman–Crippen LogP) is 1.99. The molecule has 1 amide bonds. The number of rotatable bonds is 4. The van der Waals surface area contributed by atoms with E-state index in [1.165, 1.54) is 20.0 Å². The number of hydrogen-bond donors (Lipinski definition) is 1. The van der Waals surface area contributed by atoms with Crippen LogP contribution in [0.4, 0.5) is 0 Å². The van der Waals surface area contributed by atoms with Crippen LogP contribution >= 0.6 is 15.9 Å². The summed E-state index contributed by atoms with van der Waals surface area (Å²) >= 11 is 3.29. The molecule has 1 aromatic heterocycles. The van der Waals surface area contributed by atoms with Gasteiger partial charge in [-0.3, -0.25) is 4.79 Å². The fourth-order valence-electron chi connectivity index (χ4n) is 1.41. The van der Waals surface area contributed by atoms with Gasteiger partial charge in [-0.15, -0.1) is 0 Å². The number of aromatic nitrogens is 1. The first-order chi connectivity index (χ1) is 7.70. The Bertz CT molecular complexity index is 405. The lowest BCUT2D eigenvalue weighted by atomic mass is 10.2. The van der Waals surface area contributed by atoms with E-state index in [0.29, 0.717) is 17.4 Å². The molecule has 5 heteroatoms. The Balaban J connectivity index is 2.09. The van der Waals surface area contributed by atoms with E-state index in [2.05, 4.69) is 26.2 Å². The molecule has 0 bridgehead atoms. The van der Waals surface area contributed by atoms with E-state index in [-0.39, 0.29) is 5.91 Å². The summed E-state index contributed by atoms with van der Waals surface area (Å²) in [5, 5.41) is 2.88. The Hall–Kier alpha value is -1.10. The van der Waals surface area contributed by atoms with Gasteiger partial charge in [0.1, 0.15) is 5.56 Å². The van der Waals surface area contributed by atoms with Crippen LogP contribution in [0, 0.1) is 5.92 Å². The molecule has 1 fully saturated rings. The zero-order chi connectivity index (χ0) is 11.5. The highest BCUT2D eigenvalue weighted by Crippen LogP contribution is 2.28. The zero-order valence-electron chi connectivity index (χ0n) is 9.00. The lowest BCUT2D eigenvalue weighted by Gasteiger charge is -2.08. The highest BCUT2D eigenvalue weighted by Gasteiger charge is 2.23. The quantitative estimate of drug-likeness (QED) is 0.920. The third-order valence-electron chi connectivity index (χ3n) is 2.50. The van der Waals surface area contributed by atoms with Gasteiger partial charge < -0.3 is 10.1 Å². The van der Waals surface area contributed by atoms with Crippen LogP contribution in [0.1, 0.15) is 23.2 Å². The van der Waals surface area contributed by atoms with Crippen molar-refractivity contribution < 1.29 is 9.53 Å². The summed E-state index contributed by atoms with van der Waals surface area (Å²) in [7, 11) is 1.51. The number of nitrogens with one attached hydrogen (secondary N) is 1. The van der Waals surface area contributed by atoms with Crippen LogP contribution in [0.3, 0.4) is 0 Å². The van der Waals surface area contributed by atoms with E-state index in [0.717, 1.165) is 11.0 Å². The first-order valence-corrected chi connectivity index (χ1v) is 5.97. The van der Waals surface area contributed by atoms with Crippen molar-refractivity contribution in [3.63, 3.8) is 0 Å². The largest absolute Gasteiger partial charge is 0.480 e. The maximum Gasteiger partial charge on any atom is 0.256 e. The Kier molecular flexibility index (Phi) is 3.43. The molecule has 86 valence electrons. The van der Waals surface area contributed by atoms with Crippen molar-refractivity contribution in [2.75, 3.05) is 13.7 Å². The second-order valence-electron chi connectivity index (χ2n) is 3.86. The van der Waals surface area contributed by atoms with Crippen LogP contribution in [0.25, 0.3) is 0 Å². The molecule has 16 heavy (non-hydrogen) atoms. The summed E-state index contributed by atoms with van der Waals surface area (Å²) in [6.07, 6.45) is 4.04. The van der Waals surface area contributed by atoms with Crippen LogP contribution in [0.2, 0.25) is 0 Å². The standard InChI is InChI=1S/C11H13BrN2O2/c1-16-11-9(4-8(12)6-14-11)10(15)13-5-7-2-3-7/h4,6-7H,2-3,5H2,1H3,(H,13,15). The zero-order valence-corrected chi connectivity index (χ0v) is 10.6. The SMILES string of the molecule is COc1ncc(Br)cc1C(=O)NCC1CC1. The van der Waals surface area contributed by atoms with Crippen molar-refractivity contribution in [1.29, 1.82) is 0 Å². The summed E-state index contributed by atoms with van der Waals surface area (Å²) in [6, 6.07) is 1.72. The first kappa shape index (κ1) is 11.4. The maximum absolute atomic E-state index is 11.9. The average molecular weight is 285 g/mol. The van der Waals surface area contributed by atoms with Gasteiger partial charge in [-0.05, 0) is 40.8 Å². The molecule has 1 aliphatic rings. The molecule has 0 aliphatic heterocycles. The summed E-state index contributed by atoms with van der Waals surface area (Å²) in [5.74, 6) is 0.893. The third-order valence-corrected chi connectivity index (χ3v) is 2.94. The fraction of sp³-hybridized carbons (Fsp3) is 0.455. The molecule has 1 N–H and O–H groups in total. The van der Waals surface area contributed by atoms with E-state index in [1.807, 2.05) is 0 Å². The number of hydrogen-bond acceptors (Lipinski definition) is 3. The summed E-state index contributed by atoms with van der Waals surface area (Å²) < 4.78 is 5.82. The second-order valence-corrected chi connectivity index (χ2v) is 4.78. The lowest BCUT2D eigenvalue weighted by molar-refractivity contribution is 0.0948. The number of halogens is 1. The van der Waals surface area contributed by atoms with E-state index >= 15 is 0 Å². The topological polar surface area (TPSA) is 51.2 Å². The molecule has 1 aliphatic carbocycles. The number of pyridine rings is 1. The fourth-order valence-corrected chi connectivity index (χ4v) is 1.74. The third kappa shape index (κ3) is 2.72. The van der Waals surface area contributed by atoms with Crippen LogP contribution in [0.5, 0.6) is 5.88 Å². The molecule has 0 radical (unpaired) electrons. The molecule has 1 saturated carbocycles. The second kappa shape index (κ2) is 4.82. The number of nitrogens with zero attached hydrogens (tertiary/aromatic N) is 1. The number of amides is 1. The average Bonchev–Trinajstić information content (AvgIpc) is 3.09. The minimum Gasteiger partial charge on any atom is -0.480 e. The molecule has 2 rings (SSSR count). The van der Waals surface area contributed by atoms with Crippen molar-refractivity contribution in [1.82, 2.24) is 10.3 Å². The minimum absolute atomic E-state index is 0.127. The van der Waals surface area contributed by atoms with E-state index in [9.17, 15) is 4.79 Å². The number of methoxy groups -OCH3 is 1. The Morgan fingerprint density at radius 1 is 1.69 bits per heavy atom. The van der Waals surface area contributed by atoms with Crippen molar-refractivity contribution in [2.24, 2.45) is 5.92 Å². The van der Waals surface area contributed by atoms with Crippen LogP contribution < -0.4 is 10.1 Å². The highest BCUT2D eigenvalue weighted by molar-refractivity contribution is 9.10.